The van der Waals surface area contributed by atoms with Crippen molar-refractivity contribution < 1.29 is 9.90 Å². The summed E-state index contributed by atoms with van der Waals surface area (Å²) in [6.07, 6.45) is 2.96. The first-order chi connectivity index (χ1) is 8.99. The Labute approximate surface area is 112 Å². The monoisotopic (exact) mass is 256 g/mol. The van der Waals surface area contributed by atoms with Gasteiger partial charge in [-0.3, -0.25) is 4.79 Å². The molecule has 98 valence electrons. The fourth-order valence-electron chi connectivity index (χ4n) is 2.11. The number of aromatic nitrogens is 2. The normalized spacial score (nSPS) is 10.5. The number of rotatable bonds is 3. The highest BCUT2D eigenvalue weighted by Crippen LogP contribution is 2.27. The van der Waals surface area contributed by atoms with Crippen molar-refractivity contribution in [2.24, 2.45) is 0 Å². The fraction of sp³-hybridized carbons (Fsp3) is 0.267. The van der Waals surface area contributed by atoms with Crippen molar-refractivity contribution in [2.75, 3.05) is 0 Å². The maximum absolute atomic E-state index is 10.9. The van der Waals surface area contributed by atoms with Crippen LogP contribution in [0.1, 0.15) is 22.3 Å². The van der Waals surface area contributed by atoms with Gasteiger partial charge in [0.1, 0.15) is 6.33 Å². The van der Waals surface area contributed by atoms with E-state index in [0.29, 0.717) is 11.3 Å². The van der Waals surface area contributed by atoms with Crippen molar-refractivity contribution in [1.29, 1.82) is 0 Å². The molecule has 0 saturated carbocycles. The summed E-state index contributed by atoms with van der Waals surface area (Å²) in [5.74, 6) is -0.877. The Balaban J connectivity index is 2.59. The second-order valence-corrected chi connectivity index (χ2v) is 4.72. The molecule has 0 fully saturated rings. The molecule has 0 aliphatic rings. The summed E-state index contributed by atoms with van der Waals surface area (Å²) in [6.45, 7) is 6.11. The number of carboxylic acid groups (broad SMARTS) is 1. The minimum Gasteiger partial charge on any atom is -0.481 e. The van der Waals surface area contributed by atoms with Gasteiger partial charge in [0.05, 0.1) is 12.1 Å². The van der Waals surface area contributed by atoms with E-state index >= 15 is 0 Å². The third-order valence-corrected chi connectivity index (χ3v) is 3.23. The maximum Gasteiger partial charge on any atom is 0.307 e. The smallest absolute Gasteiger partial charge is 0.307 e. The van der Waals surface area contributed by atoms with E-state index in [0.717, 1.165) is 11.1 Å². The molecule has 0 radical (unpaired) electrons. The molecule has 1 aromatic heterocycles. The lowest BCUT2D eigenvalue weighted by Crippen LogP contribution is -2.04. The van der Waals surface area contributed by atoms with Crippen LogP contribution >= 0.6 is 0 Å². The van der Waals surface area contributed by atoms with Crippen molar-refractivity contribution in [3.8, 4) is 11.3 Å². The van der Waals surface area contributed by atoms with Gasteiger partial charge in [0, 0.05) is 17.3 Å². The van der Waals surface area contributed by atoms with Crippen molar-refractivity contribution in [1.82, 2.24) is 9.97 Å². The second kappa shape index (κ2) is 5.18. The van der Waals surface area contributed by atoms with Crippen LogP contribution in [0.25, 0.3) is 11.3 Å². The molecule has 0 spiro atoms. The molecule has 2 rings (SSSR count). The Morgan fingerprint density at radius 2 is 1.84 bits per heavy atom. The number of hydrogen-bond acceptors (Lipinski definition) is 3. The topological polar surface area (TPSA) is 63.1 Å². The summed E-state index contributed by atoms with van der Waals surface area (Å²) in [5.41, 5.74) is 5.80. The number of nitrogens with zero attached hydrogens (tertiary/aromatic N) is 2. The lowest BCUT2D eigenvalue weighted by molar-refractivity contribution is -0.136. The molecule has 0 aliphatic carbocycles. The molecule has 4 heteroatoms. The van der Waals surface area contributed by atoms with Gasteiger partial charge >= 0.3 is 5.97 Å². The minimum absolute atomic E-state index is 0.0669. The predicted molar refractivity (Wildman–Crippen MR) is 73.0 cm³/mol. The van der Waals surface area contributed by atoms with Crippen LogP contribution in [0.15, 0.2) is 24.7 Å². The highest BCUT2D eigenvalue weighted by atomic mass is 16.4. The first kappa shape index (κ1) is 13.2. The van der Waals surface area contributed by atoms with Crippen LogP contribution in [-0.4, -0.2) is 21.0 Å². The summed E-state index contributed by atoms with van der Waals surface area (Å²) >= 11 is 0. The number of benzene rings is 1. The van der Waals surface area contributed by atoms with Crippen molar-refractivity contribution >= 4 is 5.97 Å². The third-order valence-electron chi connectivity index (χ3n) is 3.23. The molecule has 0 atom stereocenters. The van der Waals surface area contributed by atoms with Gasteiger partial charge in [-0.1, -0.05) is 6.07 Å². The van der Waals surface area contributed by atoms with Gasteiger partial charge in [-0.2, -0.15) is 0 Å². The van der Waals surface area contributed by atoms with Gasteiger partial charge in [-0.15, -0.1) is 0 Å². The molecular weight excluding hydrogens is 240 g/mol. The molecule has 1 heterocycles. The summed E-state index contributed by atoms with van der Waals surface area (Å²) in [5, 5.41) is 8.95. The van der Waals surface area contributed by atoms with Gasteiger partial charge in [-0.05, 0) is 43.5 Å². The standard InChI is InChI=1S/C15H16N2O2/c1-9-4-11(3)13(5-10(9)2)15-12(6-14(18)19)7-16-8-17-15/h4-5,7-8H,6H2,1-3H3,(H,18,19). The molecular formula is C15H16N2O2. The summed E-state index contributed by atoms with van der Waals surface area (Å²) in [4.78, 5) is 19.1. The Morgan fingerprint density at radius 3 is 2.53 bits per heavy atom. The number of hydrogen-bond donors (Lipinski definition) is 1. The molecule has 4 nitrogen and oxygen atoms in total. The minimum atomic E-state index is -0.877. The van der Waals surface area contributed by atoms with E-state index in [2.05, 4.69) is 29.0 Å². The Morgan fingerprint density at radius 1 is 1.16 bits per heavy atom. The number of aliphatic carboxylic acids is 1. The SMILES string of the molecule is Cc1cc(C)c(-c2ncncc2CC(=O)O)cc1C. The molecule has 1 N–H and O–H groups in total. The van der Waals surface area contributed by atoms with E-state index < -0.39 is 5.97 Å². The first-order valence-corrected chi connectivity index (χ1v) is 6.08. The number of carbonyl (C=O) groups is 1. The van der Waals surface area contributed by atoms with E-state index in [-0.39, 0.29) is 6.42 Å². The maximum atomic E-state index is 10.9. The van der Waals surface area contributed by atoms with Gasteiger partial charge < -0.3 is 5.11 Å². The second-order valence-electron chi connectivity index (χ2n) is 4.72. The molecule has 0 unspecified atom stereocenters. The molecule has 0 aliphatic heterocycles. The number of aryl methyl sites for hydroxylation is 3. The molecule has 2 aromatic rings. The van der Waals surface area contributed by atoms with Crippen molar-refractivity contribution in [3.05, 3.63) is 46.9 Å². The Hall–Kier alpha value is -2.23. The lowest BCUT2D eigenvalue weighted by atomic mass is 9.96. The lowest BCUT2D eigenvalue weighted by Gasteiger charge is -2.12. The van der Waals surface area contributed by atoms with Crippen LogP contribution in [0.5, 0.6) is 0 Å². The van der Waals surface area contributed by atoms with Crippen LogP contribution in [0.4, 0.5) is 0 Å². The van der Waals surface area contributed by atoms with E-state index in [1.807, 2.05) is 13.8 Å². The average Bonchev–Trinajstić information content (AvgIpc) is 2.34. The number of carboxylic acids is 1. The van der Waals surface area contributed by atoms with Crippen LogP contribution in [-0.2, 0) is 11.2 Å². The van der Waals surface area contributed by atoms with E-state index in [1.54, 1.807) is 6.20 Å². The molecule has 19 heavy (non-hydrogen) atoms. The fourth-order valence-corrected chi connectivity index (χ4v) is 2.11. The highest BCUT2D eigenvalue weighted by molar-refractivity contribution is 5.76. The quantitative estimate of drug-likeness (QED) is 0.917. The predicted octanol–water partition coefficient (Wildman–Crippen LogP) is 2.70. The first-order valence-electron chi connectivity index (χ1n) is 6.08. The highest BCUT2D eigenvalue weighted by Gasteiger charge is 2.13. The van der Waals surface area contributed by atoms with E-state index in [4.69, 9.17) is 5.11 Å². The Kier molecular flexibility index (Phi) is 3.60. The van der Waals surface area contributed by atoms with E-state index in [9.17, 15) is 4.79 Å². The van der Waals surface area contributed by atoms with Gasteiger partial charge in [0.25, 0.3) is 0 Å². The van der Waals surface area contributed by atoms with Crippen LogP contribution in [0, 0.1) is 20.8 Å². The Bertz CT molecular complexity index is 636. The molecule has 0 saturated heterocycles. The molecule has 0 bridgehead atoms. The van der Waals surface area contributed by atoms with Gasteiger partial charge in [0.15, 0.2) is 0 Å². The molecule has 1 aromatic carbocycles. The average molecular weight is 256 g/mol. The van der Waals surface area contributed by atoms with Crippen LogP contribution < -0.4 is 0 Å². The zero-order valence-electron chi connectivity index (χ0n) is 11.3. The van der Waals surface area contributed by atoms with Crippen LogP contribution in [0.3, 0.4) is 0 Å². The zero-order valence-corrected chi connectivity index (χ0v) is 11.3. The van der Waals surface area contributed by atoms with Gasteiger partial charge in [-0.25, -0.2) is 9.97 Å². The van der Waals surface area contributed by atoms with Gasteiger partial charge in [0.2, 0.25) is 0 Å². The van der Waals surface area contributed by atoms with Crippen molar-refractivity contribution in [2.45, 2.75) is 27.2 Å². The zero-order chi connectivity index (χ0) is 14.0. The molecule has 0 amide bonds. The van der Waals surface area contributed by atoms with Crippen LogP contribution in [0.2, 0.25) is 0 Å². The summed E-state index contributed by atoms with van der Waals surface area (Å²) in [6, 6.07) is 4.15. The summed E-state index contributed by atoms with van der Waals surface area (Å²) < 4.78 is 0. The third kappa shape index (κ3) is 2.78. The van der Waals surface area contributed by atoms with E-state index in [1.165, 1.54) is 17.5 Å². The van der Waals surface area contributed by atoms with Crippen molar-refractivity contribution in [3.63, 3.8) is 0 Å². The largest absolute Gasteiger partial charge is 0.481 e. The summed E-state index contributed by atoms with van der Waals surface area (Å²) in [7, 11) is 0.